The van der Waals surface area contributed by atoms with Gasteiger partial charge in [-0.3, -0.25) is 4.99 Å². The molecule has 0 amide bonds. The fourth-order valence-corrected chi connectivity index (χ4v) is 2.96. The quantitative estimate of drug-likeness (QED) is 0.242. The molecular formula is C17H28IN3O3S. The molecule has 0 spiro atoms. The van der Waals surface area contributed by atoms with Crippen LogP contribution in [0.3, 0.4) is 0 Å². The maximum atomic E-state index is 11.0. The first kappa shape index (κ1) is 22.2. The zero-order valence-electron chi connectivity index (χ0n) is 14.8. The number of ether oxygens (including phenoxy) is 1. The van der Waals surface area contributed by atoms with Gasteiger partial charge in [0.2, 0.25) is 0 Å². The lowest BCUT2D eigenvalue weighted by atomic mass is 9.96. The van der Waals surface area contributed by atoms with Gasteiger partial charge in [0.05, 0.1) is 19.0 Å². The molecule has 1 saturated carbocycles. The minimum Gasteiger partial charge on any atom is -0.379 e. The second-order valence-corrected chi connectivity index (χ2v) is 8.50. The Morgan fingerprint density at radius 3 is 2.44 bits per heavy atom. The van der Waals surface area contributed by atoms with Crippen LogP contribution in [-0.2, 0) is 20.0 Å². The van der Waals surface area contributed by atoms with Crippen LogP contribution in [0.4, 0.5) is 0 Å². The van der Waals surface area contributed by atoms with Gasteiger partial charge in [0.25, 0.3) is 0 Å². The Balaban J connectivity index is 0.00000312. The predicted octanol–water partition coefficient (Wildman–Crippen LogP) is 1.56. The molecule has 0 unspecified atom stereocenters. The van der Waals surface area contributed by atoms with Crippen LogP contribution in [0.2, 0.25) is 0 Å². The van der Waals surface area contributed by atoms with E-state index in [0.29, 0.717) is 13.2 Å². The molecule has 1 aliphatic carbocycles. The van der Waals surface area contributed by atoms with E-state index < -0.39 is 9.84 Å². The van der Waals surface area contributed by atoms with Gasteiger partial charge >= 0.3 is 0 Å². The van der Waals surface area contributed by atoms with Crippen LogP contribution < -0.4 is 10.6 Å². The first-order valence-corrected chi connectivity index (χ1v) is 10.3. The van der Waals surface area contributed by atoms with Crippen LogP contribution in [-0.4, -0.2) is 59.7 Å². The second-order valence-electron chi connectivity index (χ2n) is 6.24. The van der Waals surface area contributed by atoms with Crippen molar-refractivity contribution in [2.75, 3.05) is 45.4 Å². The molecule has 8 heteroatoms. The molecule has 0 aromatic heterocycles. The fourth-order valence-electron chi connectivity index (χ4n) is 2.54. The summed E-state index contributed by atoms with van der Waals surface area (Å²) in [6.45, 7) is 2.11. The minimum absolute atomic E-state index is 0. The number of rotatable bonds is 9. The SMILES string of the molecule is CN=C(NCCOCCS(C)(=O)=O)NCC1(c2ccccc2)CC1.I. The van der Waals surface area contributed by atoms with E-state index in [2.05, 4.69) is 39.9 Å². The third kappa shape index (κ3) is 7.91. The van der Waals surface area contributed by atoms with E-state index in [4.69, 9.17) is 4.74 Å². The van der Waals surface area contributed by atoms with Gasteiger partial charge in [-0.05, 0) is 18.4 Å². The number of nitrogens with one attached hydrogen (secondary N) is 2. The molecule has 1 aromatic rings. The standard InChI is InChI=1S/C17H27N3O3S.HI/c1-18-16(19-10-11-23-12-13-24(2,21)22)20-14-17(8-9-17)15-6-4-3-5-7-15;/h3-7H,8-14H2,1-2H3,(H2,18,19,20);1H. The van der Waals surface area contributed by atoms with E-state index in [1.165, 1.54) is 24.7 Å². The number of nitrogens with zero attached hydrogens (tertiary/aromatic N) is 1. The second kappa shape index (κ2) is 10.3. The first-order chi connectivity index (χ1) is 11.5. The van der Waals surface area contributed by atoms with Crippen LogP contribution in [0.1, 0.15) is 18.4 Å². The lowest BCUT2D eigenvalue weighted by Gasteiger charge is -2.19. The first-order valence-electron chi connectivity index (χ1n) is 8.21. The van der Waals surface area contributed by atoms with Crippen LogP contribution in [0.5, 0.6) is 0 Å². The van der Waals surface area contributed by atoms with Crippen molar-refractivity contribution in [1.82, 2.24) is 10.6 Å². The van der Waals surface area contributed by atoms with E-state index in [1.54, 1.807) is 7.05 Å². The van der Waals surface area contributed by atoms with Crippen molar-refractivity contribution >= 4 is 39.8 Å². The zero-order valence-corrected chi connectivity index (χ0v) is 18.0. The minimum atomic E-state index is -2.96. The van der Waals surface area contributed by atoms with Gasteiger partial charge in [-0.2, -0.15) is 0 Å². The van der Waals surface area contributed by atoms with Gasteiger partial charge in [0, 0.05) is 31.8 Å². The van der Waals surface area contributed by atoms with Crippen LogP contribution in [0.15, 0.2) is 35.3 Å². The summed E-state index contributed by atoms with van der Waals surface area (Å²) < 4.78 is 27.3. The molecule has 142 valence electrons. The molecular weight excluding hydrogens is 453 g/mol. The Kier molecular flexibility index (Phi) is 9.15. The molecule has 2 N–H and O–H groups in total. The molecule has 6 nitrogen and oxygen atoms in total. The predicted molar refractivity (Wildman–Crippen MR) is 113 cm³/mol. The molecule has 0 atom stereocenters. The smallest absolute Gasteiger partial charge is 0.191 e. The number of sulfone groups is 1. The highest BCUT2D eigenvalue weighted by atomic mass is 127. The van der Waals surface area contributed by atoms with E-state index in [-0.39, 0.29) is 41.8 Å². The zero-order chi connectivity index (χ0) is 17.5. The van der Waals surface area contributed by atoms with Crippen molar-refractivity contribution < 1.29 is 13.2 Å². The lowest BCUT2D eigenvalue weighted by Crippen LogP contribution is -2.42. The molecule has 0 saturated heterocycles. The summed E-state index contributed by atoms with van der Waals surface area (Å²) in [6.07, 6.45) is 3.59. The van der Waals surface area contributed by atoms with Crippen molar-refractivity contribution in [2.24, 2.45) is 4.99 Å². The van der Waals surface area contributed by atoms with Gasteiger partial charge in [-0.1, -0.05) is 30.3 Å². The normalized spacial score (nSPS) is 16.0. The highest BCUT2D eigenvalue weighted by molar-refractivity contribution is 14.0. The summed E-state index contributed by atoms with van der Waals surface area (Å²) in [5.74, 6) is 0.795. The molecule has 25 heavy (non-hydrogen) atoms. The molecule has 0 heterocycles. The maximum absolute atomic E-state index is 11.0. The molecule has 0 aliphatic heterocycles. The van der Waals surface area contributed by atoms with E-state index in [0.717, 1.165) is 12.5 Å². The van der Waals surface area contributed by atoms with Gasteiger partial charge in [-0.25, -0.2) is 8.42 Å². The summed E-state index contributed by atoms with van der Waals surface area (Å²) >= 11 is 0. The van der Waals surface area contributed by atoms with Crippen molar-refractivity contribution in [1.29, 1.82) is 0 Å². The third-order valence-corrected chi connectivity index (χ3v) is 5.10. The Morgan fingerprint density at radius 1 is 1.20 bits per heavy atom. The van der Waals surface area contributed by atoms with Crippen LogP contribution >= 0.6 is 24.0 Å². The number of hydrogen-bond donors (Lipinski definition) is 2. The van der Waals surface area contributed by atoms with Crippen molar-refractivity contribution in [2.45, 2.75) is 18.3 Å². The number of aliphatic imine (C=N–C) groups is 1. The summed E-state index contributed by atoms with van der Waals surface area (Å²) in [6, 6.07) is 10.6. The number of benzene rings is 1. The number of hydrogen-bond acceptors (Lipinski definition) is 4. The summed E-state index contributed by atoms with van der Waals surface area (Å²) in [5, 5.41) is 6.56. The molecule has 0 radical (unpaired) electrons. The largest absolute Gasteiger partial charge is 0.379 e. The van der Waals surface area contributed by atoms with Gasteiger partial charge in [-0.15, -0.1) is 24.0 Å². The molecule has 2 rings (SSSR count). The summed E-state index contributed by atoms with van der Waals surface area (Å²) in [4.78, 5) is 4.21. The topological polar surface area (TPSA) is 79.8 Å². The monoisotopic (exact) mass is 481 g/mol. The number of guanidine groups is 1. The highest BCUT2D eigenvalue weighted by Crippen LogP contribution is 2.47. The Morgan fingerprint density at radius 2 is 1.88 bits per heavy atom. The van der Waals surface area contributed by atoms with Crippen LogP contribution in [0, 0.1) is 0 Å². The molecule has 0 bridgehead atoms. The van der Waals surface area contributed by atoms with E-state index >= 15 is 0 Å². The Hall–Kier alpha value is -0.870. The maximum Gasteiger partial charge on any atom is 0.191 e. The van der Waals surface area contributed by atoms with Crippen molar-refractivity contribution in [3.05, 3.63) is 35.9 Å². The average Bonchev–Trinajstić information content (AvgIpc) is 3.34. The molecule has 1 aromatic carbocycles. The summed E-state index contributed by atoms with van der Waals surface area (Å²) in [7, 11) is -1.22. The van der Waals surface area contributed by atoms with Gasteiger partial charge in [0.15, 0.2) is 5.96 Å². The third-order valence-electron chi connectivity index (χ3n) is 4.19. The average molecular weight is 481 g/mol. The highest BCUT2D eigenvalue weighted by Gasteiger charge is 2.43. The van der Waals surface area contributed by atoms with E-state index in [9.17, 15) is 8.42 Å². The Labute approximate surface area is 167 Å². The molecule has 1 aliphatic rings. The fraction of sp³-hybridized carbons (Fsp3) is 0.588. The van der Waals surface area contributed by atoms with Gasteiger partial charge in [0.1, 0.15) is 9.84 Å². The number of halogens is 1. The Bertz CT molecular complexity index is 646. The van der Waals surface area contributed by atoms with Crippen molar-refractivity contribution in [3.63, 3.8) is 0 Å². The lowest BCUT2D eigenvalue weighted by molar-refractivity contribution is 0.154. The van der Waals surface area contributed by atoms with Gasteiger partial charge < -0.3 is 15.4 Å². The van der Waals surface area contributed by atoms with E-state index in [1.807, 2.05) is 6.07 Å². The van der Waals surface area contributed by atoms with Crippen LogP contribution in [0.25, 0.3) is 0 Å². The van der Waals surface area contributed by atoms with Crippen molar-refractivity contribution in [3.8, 4) is 0 Å². The summed E-state index contributed by atoms with van der Waals surface area (Å²) in [5.41, 5.74) is 1.60. The molecule has 1 fully saturated rings.